The van der Waals surface area contributed by atoms with Crippen LogP contribution in [0.15, 0.2) is 35.4 Å². The average Bonchev–Trinajstić information content (AvgIpc) is 2.17. The molecular formula is C9H5F3N2O. The number of alkyl halides is 3. The minimum absolute atomic E-state index is 0.0176. The maximum absolute atomic E-state index is 12.5. The Bertz CT molecular complexity index is 559. The van der Waals surface area contributed by atoms with Crippen LogP contribution >= 0.6 is 0 Å². The molecule has 1 aromatic heterocycles. The van der Waals surface area contributed by atoms with E-state index in [0.29, 0.717) is 6.33 Å². The van der Waals surface area contributed by atoms with E-state index < -0.39 is 11.9 Å². The van der Waals surface area contributed by atoms with Crippen LogP contribution in [0.1, 0.15) is 0 Å². The van der Waals surface area contributed by atoms with Gasteiger partial charge in [-0.1, -0.05) is 12.1 Å². The molecule has 15 heavy (non-hydrogen) atoms. The van der Waals surface area contributed by atoms with Gasteiger partial charge in [0.25, 0.3) is 5.56 Å². The van der Waals surface area contributed by atoms with E-state index in [0.717, 1.165) is 0 Å². The third-order valence-corrected chi connectivity index (χ3v) is 1.96. The molecule has 1 aromatic carbocycles. The van der Waals surface area contributed by atoms with Crippen LogP contribution in [0.25, 0.3) is 10.9 Å². The van der Waals surface area contributed by atoms with Crippen molar-refractivity contribution in [2.75, 3.05) is 0 Å². The van der Waals surface area contributed by atoms with Crippen molar-refractivity contribution < 1.29 is 13.2 Å². The number of benzene rings is 1. The van der Waals surface area contributed by atoms with E-state index in [4.69, 9.17) is 0 Å². The largest absolute Gasteiger partial charge is 0.490 e. The summed E-state index contributed by atoms with van der Waals surface area (Å²) in [6.07, 6.45) is -4.08. The van der Waals surface area contributed by atoms with Gasteiger partial charge in [-0.3, -0.25) is 4.79 Å². The molecule has 78 valence electrons. The first kappa shape index (κ1) is 9.70. The van der Waals surface area contributed by atoms with Crippen LogP contribution in [-0.2, 0) is 6.30 Å². The number of nitrogens with zero attached hydrogens (tertiary/aromatic N) is 2. The molecule has 2 rings (SSSR count). The fraction of sp³-hybridized carbons (Fsp3) is 0.111. The van der Waals surface area contributed by atoms with Crippen molar-refractivity contribution in [3.63, 3.8) is 0 Å². The van der Waals surface area contributed by atoms with Crippen LogP contribution in [0.5, 0.6) is 0 Å². The van der Waals surface area contributed by atoms with E-state index in [1.54, 1.807) is 0 Å². The van der Waals surface area contributed by atoms with Crippen LogP contribution in [0, 0.1) is 0 Å². The Hall–Kier alpha value is -1.85. The Balaban J connectivity index is 2.90. The number of hydrogen-bond acceptors (Lipinski definition) is 2. The Labute approximate surface area is 81.8 Å². The highest BCUT2D eigenvalue weighted by molar-refractivity contribution is 5.77. The van der Waals surface area contributed by atoms with Crippen molar-refractivity contribution in [3.8, 4) is 0 Å². The summed E-state index contributed by atoms with van der Waals surface area (Å²) < 4.78 is 37.4. The minimum atomic E-state index is -4.57. The quantitative estimate of drug-likeness (QED) is 0.671. The Morgan fingerprint density at radius 1 is 1.20 bits per heavy atom. The summed E-state index contributed by atoms with van der Waals surface area (Å²) in [5, 5.41) is -0.0441. The normalized spacial score (nSPS) is 11.9. The summed E-state index contributed by atoms with van der Waals surface area (Å²) in [5.74, 6) is 0. The van der Waals surface area contributed by atoms with Gasteiger partial charge in [0, 0.05) is 0 Å². The Morgan fingerprint density at radius 2 is 1.87 bits per heavy atom. The number of aromatic nitrogens is 2. The van der Waals surface area contributed by atoms with E-state index in [1.807, 2.05) is 0 Å². The second-order valence-corrected chi connectivity index (χ2v) is 2.90. The smallest absolute Gasteiger partial charge is 0.267 e. The minimum Gasteiger partial charge on any atom is -0.267 e. The molecule has 0 spiro atoms. The number of fused-ring (bicyclic) bond motifs is 1. The molecule has 0 radical (unpaired) electrons. The topological polar surface area (TPSA) is 34.9 Å². The van der Waals surface area contributed by atoms with E-state index >= 15 is 0 Å². The molecule has 2 aromatic rings. The molecule has 0 saturated carbocycles. The summed E-state index contributed by atoms with van der Waals surface area (Å²) in [6.45, 7) is 0. The lowest BCUT2D eigenvalue weighted by molar-refractivity contribution is -0.201. The van der Waals surface area contributed by atoms with Gasteiger partial charge in [-0.25, -0.2) is 4.57 Å². The highest BCUT2D eigenvalue weighted by Crippen LogP contribution is 2.24. The molecule has 0 saturated heterocycles. The standard InChI is InChI=1S/C9H5F3N2O/c10-9(11,12)14-5-13-8(15)6-3-1-2-4-7(6)14/h1-5H. The summed E-state index contributed by atoms with van der Waals surface area (Å²) in [7, 11) is 0. The second-order valence-electron chi connectivity index (χ2n) is 2.90. The van der Waals surface area contributed by atoms with Gasteiger partial charge >= 0.3 is 6.30 Å². The van der Waals surface area contributed by atoms with Gasteiger partial charge in [0.05, 0.1) is 10.9 Å². The van der Waals surface area contributed by atoms with Gasteiger partial charge in [-0.15, -0.1) is 13.2 Å². The number of para-hydroxylation sites is 1. The van der Waals surface area contributed by atoms with E-state index in [9.17, 15) is 18.0 Å². The molecule has 3 nitrogen and oxygen atoms in total. The fourth-order valence-electron chi connectivity index (χ4n) is 1.31. The molecule has 0 unspecified atom stereocenters. The van der Waals surface area contributed by atoms with Crippen LogP contribution in [-0.4, -0.2) is 9.55 Å². The van der Waals surface area contributed by atoms with Crippen molar-refractivity contribution in [2.24, 2.45) is 0 Å². The third-order valence-electron chi connectivity index (χ3n) is 1.96. The zero-order valence-corrected chi connectivity index (χ0v) is 7.32. The molecule has 0 aliphatic heterocycles. The maximum Gasteiger partial charge on any atom is 0.490 e. The highest BCUT2D eigenvalue weighted by atomic mass is 19.4. The van der Waals surface area contributed by atoms with Gasteiger partial charge < -0.3 is 0 Å². The average molecular weight is 214 g/mol. The van der Waals surface area contributed by atoms with Gasteiger partial charge in [0.2, 0.25) is 0 Å². The molecule has 6 heteroatoms. The Morgan fingerprint density at radius 3 is 2.53 bits per heavy atom. The van der Waals surface area contributed by atoms with Gasteiger partial charge in [0.15, 0.2) is 0 Å². The monoisotopic (exact) mass is 214 g/mol. The molecule has 0 fully saturated rings. The summed E-state index contributed by atoms with van der Waals surface area (Å²) in [6, 6.07) is 5.47. The third kappa shape index (κ3) is 1.58. The van der Waals surface area contributed by atoms with Crippen LogP contribution in [0.4, 0.5) is 13.2 Å². The van der Waals surface area contributed by atoms with Crippen molar-refractivity contribution in [2.45, 2.75) is 6.30 Å². The molecule has 0 amide bonds. The maximum atomic E-state index is 12.5. The number of hydrogen-bond donors (Lipinski definition) is 0. The summed E-state index contributed by atoms with van der Waals surface area (Å²) in [5.41, 5.74) is -0.851. The molecule has 0 aliphatic rings. The Kier molecular flexibility index (Phi) is 1.99. The summed E-state index contributed by atoms with van der Waals surface area (Å²) in [4.78, 5) is 14.3. The van der Waals surface area contributed by atoms with Gasteiger partial charge in [0.1, 0.15) is 6.33 Å². The lowest BCUT2D eigenvalue weighted by Crippen LogP contribution is -2.21. The first-order valence-corrected chi connectivity index (χ1v) is 4.04. The zero-order chi connectivity index (χ0) is 11.1. The van der Waals surface area contributed by atoms with Crippen molar-refractivity contribution in [1.82, 2.24) is 9.55 Å². The van der Waals surface area contributed by atoms with Gasteiger partial charge in [-0.05, 0) is 12.1 Å². The second kappa shape index (κ2) is 3.08. The lowest BCUT2D eigenvalue weighted by atomic mass is 10.2. The first-order chi connectivity index (χ1) is 7.00. The van der Waals surface area contributed by atoms with Crippen LogP contribution < -0.4 is 5.56 Å². The molecule has 1 heterocycles. The molecule has 0 bridgehead atoms. The van der Waals surface area contributed by atoms with Crippen LogP contribution in [0.2, 0.25) is 0 Å². The van der Waals surface area contributed by atoms with Crippen molar-refractivity contribution in [3.05, 3.63) is 40.9 Å². The molecule has 0 aliphatic carbocycles. The lowest BCUT2D eigenvalue weighted by Gasteiger charge is -2.12. The summed E-state index contributed by atoms with van der Waals surface area (Å²) >= 11 is 0. The van der Waals surface area contributed by atoms with E-state index in [-0.39, 0.29) is 15.5 Å². The van der Waals surface area contributed by atoms with Crippen molar-refractivity contribution >= 4 is 10.9 Å². The van der Waals surface area contributed by atoms with Gasteiger partial charge in [-0.2, -0.15) is 4.98 Å². The molecular weight excluding hydrogens is 209 g/mol. The fourth-order valence-corrected chi connectivity index (χ4v) is 1.31. The van der Waals surface area contributed by atoms with Crippen LogP contribution in [0.3, 0.4) is 0 Å². The molecule has 0 atom stereocenters. The van der Waals surface area contributed by atoms with Crippen molar-refractivity contribution in [1.29, 1.82) is 0 Å². The predicted molar refractivity (Wildman–Crippen MR) is 47.3 cm³/mol. The predicted octanol–water partition coefficient (Wildman–Crippen LogP) is 1.87. The highest BCUT2D eigenvalue weighted by Gasteiger charge is 2.31. The molecule has 0 N–H and O–H groups in total. The number of rotatable bonds is 0. The van der Waals surface area contributed by atoms with E-state index in [1.165, 1.54) is 24.3 Å². The zero-order valence-electron chi connectivity index (χ0n) is 7.32. The van der Waals surface area contributed by atoms with E-state index in [2.05, 4.69) is 4.98 Å². The SMILES string of the molecule is O=c1ncn(C(F)(F)F)c2ccccc12. The first-order valence-electron chi connectivity index (χ1n) is 4.04. The number of halogens is 3.